The summed E-state index contributed by atoms with van der Waals surface area (Å²) in [4.78, 5) is 15.6. The molecular weight excluding hydrogens is 313 g/mol. The Morgan fingerprint density at radius 2 is 1.96 bits per heavy atom. The molecule has 1 aromatic carbocycles. The molecule has 0 fully saturated rings. The number of pyridine rings is 1. The van der Waals surface area contributed by atoms with E-state index >= 15 is 0 Å². The molecule has 0 saturated carbocycles. The summed E-state index contributed by atoms with van der Waals surface area (Å²) in [7, 11) is 0. The van der Waals surface area contributed by atoms with Crippen LogP contribution in [0.3, 0.4) is 0 Å². The van der Waals surface area contributed by atoms with Gasteiger partial charge in [-0.1, -0.05) is 18.2 Å². The third-order valence-corrected chi connectivity index (χ3v) is 2.86. The Balaban J connectivity index is 1.98. The van der Waals surface area contributed by atoms with Gasteiger partial charge in [0.1, 0.15) is 5.75 Å². The first-order valence-corrected chi connectivity index (χ1v) is 6.62. The van der Waals surface area contributed by atoms with Gasteiger partial charge < -0.3 is 15.2 Å². The number of ether oxygens (including phenoxy) is 1. The van der Waals surface area contributed by atoms with E-state index in [1.165, 1.54) is 36.5 Å². The van der Waals surface area contributed by atoms with Crippen molar-refractivity contribution in [3.63, 3.8) is 0 Å². The van der Waals surface area contributed by atoms with Crippen molar-refractivity contribution in [1.82, 2.24) is 4.98 Å². The number of halogens is 3. The van der Waals surface area contributed by atoms with Crippen molar-refractivity contribution in [2.45, 2.75) is 19.2 Å². The van der Waals surface area contributed by atoms with Crippen molar-refractivity contribution in [3.8, 4) is 11.5 Å². The lowest BCUT2D eigenvalue weighted by Crippen LogP contribution is -2.18. The molecule has 0 spiro atoms. The lowest BCUT2D eigenvalue weighted by molar-refractivity contribution is -0.274. The molecule has 1 aromatic heterocycles. The molecule has 0 aliphatic rings. The summed E-state index contributed by atoms with van der Waals surface area (Å²) in [5.74, 6) is -1.02. The van der Waals surface area contributed by atoms with Crippen LogP contribution in [0.15, 0.2) is 42.6 Å². The van der Waals surface area contributed by atoms with E-state index in [9.17, 15) is 23.1 Å². The molecule has 0 bridgehead atoms. The number of carbonyl (C=O) groups is 1. The SMILES string of the molecule is O=C(CCc1ccccc1OC(F)(F)F)Nc1ncccc1O. The van der Waals surface area contributed by atoms with Gasteiger partial charge in [-0.2, -0.15) is 0 Å². The van der Waals surface area contributed by atoms with Crippen LogP contribution in [-0.4, -0.2) is 22.4 Å². The molecule has 5 nitrogen and oxygen atoms in total. The van der Waals surface area contributed by atoms with E-state index in [0.717, 1.165) is 0 Å². The number of anilines is 1. The minimum absolute atomic E-state index is 0.00248. The normalized spacial score (nSPS) is 11.1. The van der Waals surface area contributed by atoms with E-state index in [2.05, 4.69) is 15.0 Å². The van der Waals surface area contributed by atoms with Gasteiger partial charge >= 0.3 is 6.36 Å². The average molecular weight is 326 g/mol. The van der Waals surface area contributed by atoms with Crippen molar-refractivity contribution in [3.05, 3.63) is 48.2 Å². The van der Waals surface area contributed by atoms with E-state index < -0.39 is 12.3 Å². The molecule has 2 rings (SSSR count). The van der Waals surface area contributed by atoms with Crippen molar-refractivity contribution < 1.29 is 27.8 Å². The first-order chi connectivity index (χ1) is 10.8. The van der Waals surface area contributed by atoms with Crippen molar-refractivity contribution >= 4 is 11.7 Å². The van der Waals surface area contributed by atoms with Gasteiger partial charge in [-0.25, -0.2) is 4.98 Å². The Morgan fingerprint density at radius 1 is 1.22 bits per heavy atom. The first-order valence-electron chi connectivity index (χ1n) is 6.62. The van der Waals surface area contributed by atoms with Gasteiger partial charge in [0.25, 0.3) is 0 Å². The first kappa shape index (κ1) is 16.6. The van der Waals surface area contributed by atoms with Gasteiger partial charge in [0, 0.05) is 12.6 Å². The third-order valence-electron chi connectivity index (χ3n) is 2.86. The number of aryl methyl sites for hydroxylation is 1. The van der Waals surface area contributed by atoms with Crippen molar-refractivity contribution in [1.29, 1.82) is 0 Å². The molecule has 0 unspecified atom stereocenters. The van der Waals surface area contributed by atoms with Crippen LogP contribution in [-0.2, 0) is 11.2 Å². The molecule has 0 aliphatic carbocycles. The predicted molar refractivity (Wildman–Crippen MR) is 76.0 cm³/mol. The number of aromatic hydroxyl groups is 1. The van der Waals surface area contributed by atoms with Crippen LogP contribution >= 0.6 is 0 Å². The second-order valence-electron chi connectivity index (χ2n) is 4.57. The Bertz CT molecular complexity index is 690. The maximum Gasteiger partial charge on any atom is 0.573 e. The summed E-state index contributed by atoms with van der Waals surface area (Å²) in [5, 5.41) is 11.9. The summed E-state index contributed by atoms with van der Waals surface area (Å²) in [6.45, 7) is 0. The Hall–Kier alpha value is -2.77. The summed E-state index contributed by atoms with van der Waals surface area (Å²) in [5.41, 5.74) is 0.255. The van der Waals surface area contributed by atoms with Gasteiger partial charge in [0.05, 0.1) is 0 Å². The molecule has 23 heavy (non-hydrogen) atoms. The number of alkyl halides is 3. The summed E-state index contributed by atoms with van der Waals surface area (Å²) < 4.78 is 40.9. The number of rotatable bonds is 5. The van der Waals surface area contributed by atoms with E-state index in [4.69, 9.17) is 0 Å². The van der Waals surface area contributed by atoms with E-state index in [0.29, 0.717) is 0 Å². The molecule has 1 heterocycles. The highest BCUT2D eigenvalue weighted by atomic mass is 19.4. The standard InChI is InChI=1S/C15H13F3N2O3/c16-15(17,18)23-12-6-2-1-4-10(12)7-8-13(22)20-14-11(21)5-3-9-19-14/h1-6,9,21H,7-8H2,(H,19,20,22). The zero-order valence-electron chi connectivity index (χ0n) is 11.8. The van der Waals surface area contributed by atoms with Crippen LogP contribution in [0.1, 0.15) is 12.0 Å². The minimum atomic E-state index is -4.79. The van der Waals surface area contributed by atoms with E-state index in [1.54, 1.807) is 6.07 Å². The zero-order valence-corrected chi connectivity index (χ0v) is 11.8. The molecule has 2 N–H and O–H groups in total. The van der Waals surface area contributed by atoms with E-state index in [1.807, 2.05) is 0 Å². The van der Waals surface area contributed by atoms with Crippen LogP contribution < -0.4 is 10.1 Å². The fourth-order valence-electron chi connectivity index (χ4n) is 1.87. The quantitative estimate of drug-likeness (QED) is 0.885. The average Bonchev–Trinajstić information content (AvgIpc) is 2.47. The molecule has 0 saturated heterocycles. The van der Waals surface area contributed by atoms with Crippen LogP contribution in [0.4, 0.5) is 19.0 Å². The van der Waals surface area contributed by atoms with Gasteiger partial charge in [-0.05, 0) is 30.2 Å². The lowest BCUT2D eigenvalue weighted by atomic mass is 10.1. The molecule has 2 aromatic rings. The molecule has 0 radical (unpaired) electrons. The van der Waals surface area contributed by atoms with Gasteiger partial charge in [-0.3, -0.25) is 4.79 Å². The van der Waals surface area contributed by atoms with Crippen LogP contribution in [0.5, 0.6) is 11.5 Å². The smallest absolute Gasteiger partial charge is 0.504 e. The Kier molecular flexibility index (Phi) is 5.05. The second-order valence-corrected chi connectivity index (χ2v) is 4.57. The van der Waals surface area contributed by atoms with Crippen LogP contribution in [0.2, 0.25) is 0 Å². The monoisotopic (exact) mass is 326 g/mol. The molecule has 0 aliphatic heterocycles. The highest BCUT2D eigenvalue weighted by molar-refractivity contribution is 5.91. The van der Waals surface area contributed by atoms with Crippen molar-refractivity contribution in [2.75, 3.05) is 5.32 Å². The van der Waals surface area contributed by atoms with Gasteiger partial charge in [0.15, 0.2) is 11.6 Å². The Labute approximate surface area is 129 Å². The minimum Gasteiger partial charge on any atom is -0.504 e. The third kappa shape index (κ3) is 5.17. The number of aromatic nitrogens is 1. The number of carbonyl (C=O) groups excluding carboxylic acids is 1. The highest BCUT2D eigenvalue weighted by Crippen LogP contribution is 2.27. The molecule has 0 atom stereocenters. The lowest BCUT2D eigenvalue weighted by Gasteiger charge is -2.13. The molecule has 122 valence electrons. The second kappa shape index (κ2) is 6.99. The van der Waals surface area contributed by atoms with Gasteiger partial charge in [-0.15, -0.1) is 13.2 Å². The molecule has 1 amide bonds. The summed E-state index contributed by atoms with van der Waals surface area (Å²) >= 11 is 0. The largest absolute Gasteiger partial charge is 0.573 e. The number of hydrogen-bond donors (Lipinski definition) is 2. The topological polar surface area (TPSA) is 71.5 Å². The fourth-order valence-corrected chi connectivity index (χ4v) is 1.87. The van der Waals surface area contributed by atoms with Gasteiger partial charge in [0.2, 0.25) is 5.91 Å². The zero-order chi connectivity index (χ0) is 16.9. The number of para-hydroxylation sites is 1. The number of benzene rings is 1. The molecule has 8 heteroatoms. The summed E-state index contributed by atoms with van der Waals surface area (Å²) in [6.07, 6.45) is -3.44. The molecular formula is C15H13F3N2O3. The number of nitrogens with one attached hydrogen (secondary N) is 1. The maximum atomic E-state index is 12.3. The fraction of sp³-hybridized carbons (Fsp3) is 0.200. The Morgan fingerprint density at radius 3 is 2.65 bits per heavy atom. The van der Waals surface area contributed by atoms with Crippen LogP contribution in [0, 0.1) is 0 Å². The van der Waals surface area contributed by atoms with Crippen molar-refractivity contribution in [2.24, 2.45) is 0 Å². The van der Waals surface area contributed by atoms with Crippen LogP contribution in [0.25, 0.3) is 0 Å². The maximum absolute atomic E-state index is 12.3. The summed E-state index contributed by atoms with van der Waals surface area (Å²) in [6, 6.07) is 8.46. The number of amides is 1. The van der Waals surface area contributed by atoms with E-state index in [-0.39, 0.29) is 35.7 Å². The number of nitrogens with zero attached hydrogens (tertiary/aromatic N) is 1. The highest BCUT2D eigenvalue weighted by Gasteiger charge is 2.31. The number of hydrogen-bond acceptors (Lipinski definition) is 4. The predicted octanol–water partition coefficient (Wildman–Crippen LogP) is 3.26.